The smallest absolute Gasteiger partial charge is 0.354 e. The second kappa shape index (κ2) is 6.41. The number of aromatic nitrogens is 4. The van der Waals surface area contributed by atoms with E-state index in [4.69, 9.17) is 10.5 Å². The average Bonchev–Trinajstić information content (AvgIpc) is 2.69. The van der Waals surface area contributed by atoms with Gasteiger partial charge in [-0.3, -0.25) is 4.79 Å². The first-order valence-electron chi connectivity index (χ1n) is 8.11. The number of methoxy groups -OCH3 is 1. The number of nitrogen functional groups attached to an aromatic ring is 1. The predicted octanol–water partition coefficient (Wildman–Crippen LogP) is 1.73. The van der Waals surface area contributed by atoms with Crippen molar-refractivity contribution in [2.75, 3.05) is 12.8 Å². The third-order valence-electron chi connectivity index (χ3n) is 4.15. The van der Waals surface area contributed by atoms with E-state index >= 15 is 0 Å². The topological polar surface area (TPSA) is 116 Å². The van der Waals surface area contributed by atoms with Crippen LogP contribution in [0.5, 0.6) is 5.75 Å². The number of nitrogens with two attached hydrogens (primary N) is 1. The molecule has 134 valence electrons. The molecule has 0 saturated heterocycles. The third-order valence-corrected chi connectivity index (χ3v) is 4.15. The molecular weight excluding hydrogens is 346 g/mol. The van der Waals surface area contributed by atoms with Crippen molar-refractivity contribution in [3.63, 3.8) is 0 Å². The molecule has 0 radical (unpaired) electrons. The lowest BCUT2D eigenvalue weighted by Crippen LogP contribution is -2.27. The van der Waals surface area contributed by atoms with Crippen molar-refractivity contribution in [3.05, 3.63) is 75.4 Å². The number of fused-ring (bicyclic) bond motifs is 1. The molecule has 0 fully saturated rings. The van der Waals surface area contributed by atoms with E-state index in [0.717, 1.165) is 0 Å². The number of ether oxygens (including phenoxy) is 1. The molecule has 2 heterocycles. The van der Waals surface area contributed by atoms with Crippen LogP contribution < -0.4 is 21.7 Å². The summed E-state index contributed by atoms with van der Waals surface area (Å²) < 4.78 is 6.55. The van der Waals surface area contributed by atoms with Gasteiger partial charge in [0.05, 0.1) is 18.4 Å². The number of H-pyrrole nitrogens is 1. The van der Waals surface area contributed by atoms with E-state index in [1.807, 2.05) is 12.1 Å². The number of hydrogen-bond donors (Lipinski definition) is 2. The zero-order valence-electron chi connectivity index (χ0n) is 14.3. The van der Waals surface area contributed by atoms with Crippen LogP contribution in [0, 0.1) is 0 Å². The van der Waals surface area contributed by atoms with Crippen LogP contribution in [0.3, 0.4) is 0 Å². The Kier molecular flexibility index (Phi) is 3.92. The highest BCUT2D eigenvalue weighted by Gasteiger charge is 2.17. The van der Waals surface area contributed by atoms with Crippen LogP contribution in [0.2, 0.25) is 0 Å². The number of hydrogen-bond acceptors (Lipinski definition) is 6. The highest BCUT2D eigenvalue weighted by molar-refractivity contribution is 5.85. The van der Waals surface area contributed by atoms with E-state index in [-0.39, 0.29) is 22.7 Å². The molecule has 27 heavy (non-hydrogen) atoms. The zero-order valence-corrected chi connectivity index (χ0v) is 14.3. The van der Waals surface area contributed by atoms with E-state index < -0.39 is 11.2 Å². The fourth-order valence-electron chi connectivity index (χ4n) is 2.90. The Labute approximate surface area is 152 Å². The highest BCUT2D eigenvalue weighted by Crippen LogP contribution is 2.27. The average molecular weight is 361 g/mol. The minimum absolute atomic E-state index is 0.0402. The first kappa shape index (κ1) is 16.5. The monoisotopic (exact) mass is 361 g/mol. The summed E-state index contributed by atoms with van der Waals surface area (Å²) in [5.74, 6) is 0.859. The second-order valence-electron chi connectivity index (χ2n) is 5.76. The van der Waals surface area contributed by atoms with Gasteiger partial charge >= 0.3 is 5.69 Å². The molecule has 0 aliphatic heterocycles. The number of anilines is 1. The molecule has 0 aliphatic rings. The minimum Gasteiger partial charge on any atom is -0.496 e. The number of para-hydroxylation sites is 2. The van der Waals surface area contributed by atoms with Crippen molar-refractivity contribution < 1.29 is 4.74 Å². The molecule has 4 rings (SSSR count). The minimum atomic E-state index is -0.649. The van der Waals surface area contributed by atoms with Gasteiger partial charge < -0.3 is 15.5 Å². The van der Waals surface area contributed by atoms with Crippen LogP contribution >= 0.6 is 0 Å². The van der Waals surface area contributed by atoms with Crippen LogP contribution in [-0.2, 0) is 0 Å². The number of aromatic amines is 1. The molecule has 8 heteroatoms. The van der Waals surface area contributed by atoms with Crippen LogP contribution in [-0.4, -0.2) is 26.6 Å². The molecule has 3 N–H and O–H groups in total. The van der Waals surface area contributed by atoms with Gasteiger partial charge in [-0.05, 0) is 24.3 Å². The predicted molar refractivity (Wildman–Crippen MR) is 102 cm³/mol. The fourth-order valence-corrected chi connectivity index (χ4v) is 2.90. The lowest BCUT2D eigenvalue weighted by atomic mass is 10.2. The second-order valence-corrected chi connectivity index (χ2v) is 5.76. The number of benzene rings is 2. The summed E-state index contributed by atoms with van der Waals surface area (Å²) in [6, 6.07) is 15.9. The van der Waals surface area contributed by atoms with Gasteiger partial charge in [-0.25, -0.2) is 14.3 Å². The molecule has 0 unspecified atom stereocenters. The maximum atomic E-state index is 12.5. The van der Waals surface area contributed by atoms with Gasteiger partial charge in [0.15, 0.2) is 5.52 Å². The van der Waals surface area contributed by atoms with Gasteiger partial charge in [0.1, 0.15) is 22.9 Å². The van der Waals surface area contributed by atoms with Crippen LogP contribution in [0.15, 0.2) is 64.2 Å². The zero-order chi connectivity index (χ0) is 19.0. The van der Waals surface area contributed by atoms with E-state index in [9.17, 15) is 9.59 Å². The molecular formula is C19H15N5O3. The van der Waals surface area contributed by atoms with Crippen LogP contribution in [0.4, 0.5) is 5.82 Å². The largest absolute Gasteiger partial charge is 0.496 e. The summed E-state index contributed by atoms with van der Waals surface area (Å²) in [6.45, 7) is 0. The van der Waals surface area contributed by atoms with E-state index in [2.05, 4.69) is 15.0 Å². The Morgan fingerprint density at radius 3 is 2.41 bits per heavy atom. The molecule has 0 saturated carbocycles. The molecule has 2 aromatic heterocycles. The molecule has 0 bridgehead atoms. The summed E-state index contributed by atoms with van der Waals surface area (Å²) in [5.41, 5.74) is 6.18. The summed E-state index contributed by atoms with van der Waals surface area (Å²) in [7, 11) is 1.53. The Morgan fingerprint density at radius 1 is 0.963 bits per heavy atom. The first-order valence-corrected chi connectivity index (χ1v) is 8.11. The first-order chi connectivity index (χ1) is 13.1. The van der Waals surface area contributed by atoms with Crippen molar-refractivity contribution in [3.8, 4) is 22.8 Å². The summed E-state index contributed by atoms with van der Waals surface area (Å²) >= 11 is 0. The normalized spacial score (nSPS) is 10.9. The summed E-state index contributed by atoms with van der Waals surface area (Å²) in [4.78, 5) is 35.9. The molecule has 4 aromatic rings. The van der Waals surface area contributed by atoms with Gasteiger partial charge in [0.25, 0.3) is 5.56 Å². The molecule has 0 amide bonds. The van der Waals surface area contributed by atoms with Gasteiger partial charge in [0.2, 0.25) is 0 Å². The Morgan fingerprint density at radius 2 is 1.67 bits per heavy atom. The maximum absolute atomic E-state index is 12.5. The quantitative estimate of drug-likeness (QED) is 0.574. The lowest BCUT2D eigenvalue weighted by molar-refractivity contribution is 0.416. The van der Waals surface area contributed by atoms with E-state index in [1.54, 1.807) is 42.5 Å². The van der Waals surface area contributed by atoms with E-state index in [0.29, 0.717) is 17.0 Å². The standard InChI is InChI=1S/C19H15N5O3/c1-27-13-10-6-5-9-12(13)17-21-14-15(18(25)23-17)22-19(26)24(16(14)20)11-7-3-2-4-8-11/h2-10H,20H2,1H3,(H,21,23,25). The van der Waals surface area contributed by atoms with Crippen LogP contribution in [0.1, 0.15) is 0 Å². The molecule has 8 nitrogen and oxygen atoms in total. The molecule has 0 spiro atoms. The SMILES string of the molecule is COc1ccccc1-c1nc2c(N)n(-c3ccccc3)c(=O)nc2c(=O)[nH]1. The van der Waals surface area contributed by atoms with Gasteiger partial charge in [-0.1, -0.05) is 30.3 Å². The van der Waals surface area contributed by atoms with Crippen molar-refractivity contribution in [1.29, 1.82) is 0 Å². The Bertz CT molecular complexity index is 1260. The van der Waals surface area contributed by atoms with E-state index in [1.165, 1.54) is 11.7 Å². The number of nitrogens with one attached hydrogen (secondary N) is 1. The van der Waals surface area contributed by atoms with Crippen molar-refractivity contribution in [1.82, 2.24) is 19.5 Å². The van der Waals surface area contributed by atoms with Crippen molar-refractivity contribution >= 4 is 16.9 Å². The lowest BCUT2D eigenvalue weighted by Gasteiger charge is -2.12. The molecule has 0 atom stereocenters. The summed E-state index contributed by atoms with van der Waals surface area (Å²) in [6.07, 6.45) is 0. The van der Waals surface area contributed by atoms with Crippen molar-refractivity contribution in [2.45, 2.75) is 0 Å². The number of nitrogens with zero attached hydrogens (tertiary/aromatic N) is 3. The summed E-state index contributed by atoms with van der Waals surface area (Å²) in [5, 5.41) is 0. The molecule has 2 aromatic carbocycles. The van der Waals surface area contributed by atoms with Crippen LogP contribution in [0.25, 0.3) is 28.1 Å². The Balaban J connectivity index is 2.05. The maximum Gasteiger partial charge on any atom is 0.354 e. The van der Waals surface area contributed by atoms with Gasteiger partial charge in [-0.2, -0.15) is 4.98 Å². The van der Waals surface area contributed by atoms with Crippen molar-refractivity contribution in [2.24, 2.45) is 0 Å². The van der Waals surface area contributed by atoms with Gasteiger partial charge in [0, 0.05) is 0 Å². The van der Waals surface area contributed by atoms with Gasteiger partial charge in [-0.15, -0.1) is 0 Å². The third kappa shape index (κ3) is 2.73. The Hall–Kier alpha value is -3.94. The molecule has 0 aliphatic carbocycles. The highest BCUT2D eigenvalue weighted by atomic mass is 16.5. The number of rotatable bonds is 3. The fraction of sp³-hybridized carbons (Fsp3) is 0.0526.